The standard InChI is InChI=1S/C14H12ClN3O2S/c1-9-6-12(17)11(15)7-13(9)18-21(19,20)14-5-3-2-4-10(14)8-16/h2-7,18H,17H2,1H3. The Hall–Kier alpha value is -2.23. The van der Waals surface area contributed by atoms with E-state index in [0.717, 1.165) is 0 Å². The third-order valence-electron chi connectivity index (χ3n) is 2.89. The molecule has 0 radical (unpaired) electrons. The van der Waals surface area contributed by atoms with E-state index in [0.29, 0.717) is 16.9 Å². The highest BCUT2D eigenvalue weighted by molar-refractivity contribution is 7.92. The van der Waals surface area contributed by atoms with Crippen molar-refractivity contribution in [2.24, 2.45) is 0 Å². The number of nitriles is 1. The summed E-state index contributed by atoms with van der Waals surface area (Å²) in [6.07, 6.45) is 0. The molecule has 21 heavy (non-hydrogen) atoms. The number of anilines is 2. The number of rotatable bonds is 3. The van der Waals surface area contributed by atoms with Crippen molar-refractivity contribution in [1.29, 1.82) is 5.26 Å². The van der Waals surface area contributed by atoms with Crippen LogP contribution in [-0.4, -0.2) is 8.42 Å². The third kappa shape index (κ3) is 3.10. The number of nitrogen functional groups attached to an aromatic ring is 1. The molecule has 0 bridgehead atoms. The van der Waals surface area contributed by atoms with Gasteiger partial charge in [0.2, 0.25) is 0 Å². The zero-order valence-electron chi connectivity index (χ0n) is 11.1. The molecule has 0 aromatic heterocycles. The molecule has 0 aliphatic carbocycles. The highest BCUT2D eigenvalue weighted by atomic mass is 35.5. The molecule has 3 N–H and O–H groups in total. The smallest absolute Gasteiger partial charge is 0.263 e. The van der Waals surface area contributed by atoms with Crippen molar-refractivity contribution >= 4 is 33.0 Å². The van der Waals surface area contributed by atoms with Crippen LogP contribution in [0.3, 0.4) is 0 Å². The molecule has 2 rings (SSSR count). The average Bonchev–Trinajstić information content (AvgIpc) is 2.44. The van der Waals surface area contributed by atoms with E-state index in [2.05, 4.69) is 4.72 Å². The molecule has 0 aliphatic rings. The maximum atomic E-state index is 12.4. The van der Waals surface area contributed by atoms with Gasteiger partial charge in [-0.15, -0.1) is 0 Å². The summed E-state index contributed by atoms with van der Waals surface area (Å²) in [6, 6.07) is 10.8. The van der Waals surface area contributed by atoms with Crippen LogP contribution in [0.4, 0.5) is 11.4 Å². The number of nitrogens with one attached hydrogen (secondary N) is 1. The van der Waals surface area contributed by atoms with Gasteiger partial charge in [0.25, 0.3) is 10.0 Å². The normalized spacial score (nSPS) is 10.9. The van der Waals surface area contributed by atoms with Gasteiger partial charge in [0.1, 0.15) is 11.0 Å². The zero-order valence-corrected chi connectivity index (χ0v) is 12.7. The quantitative estimate of drug-likeness (QED) is 0.849. The maximum absolute atomic E-state index is 12.4. The molecule has 0 amide bonds. The van der Waals surface area contributed by atoms with E-state index in [9.17, 15) is 8.42 Å². The molecule has 0 fully saturated rings. The van der Waals surface area contributed by atoms with Gasteiger partial charge in [-0.1, -0.05) is 23.7 Å². The Kier molecular flexibility index (Phi) is 4.07. The Balaban J connectivity index is 2.48. The number of sulfonamides is 1. The maximum Gasteiger partial charge on any atom is 0.263 e. The van der Waals surface area contributed by atoms with E-state index in [1.807, 2.05) is 6.07 Å². The monoisotopic (exact) mass is 321 g/mol. The molecule has 2 aromatic carbocycles. The Labute approximate surface area is 128 Å². The van der Waals surface area contributed by atoms with Crippen molar-refractivity contribution in [3.63, 3.8) is 0 Å². The Morgan fingerprint density at radius 3 is 2.62 bits per heavy atom. The van der Waals surface area contributed by atoms with Crippen LogP contribution in [0.1, 0.15) is 11.1 Å². The highest BCUT2D eigenvalue weighted by Gasteiger charge is 2.19. The predicted molar refractivity (Wildman–Crippen MR) is 82.6 cm³/mol. The number of halogens is 1. The molecule has 0 aliphatic heterocycles. The molecule has 0 spiro atoms. The fourth-order valence-electron chi connectivity index (χ4n) is 1.81. The van der Waals surface area contributed by atoms with Gasteiger partial charge < -0.3 is 5.73 Å². The van der Waals surface area contributed by atoms with E-state index < -0.39 is 10.0 Å². The van der Waals surface area contributed by atoms with Crippen molar-refractivity contribution in [2.75, 3.05) is 10.5 Å². The second-order valence-electron chi connectivity index (χ2n) is 4.40. The van der Waals surface area contributed by atoms with Crippen molar-refractivity contribution in [3.8, 4) is 6.07 Å². The minimum Gasteiger partial charge on any atom is -0.398 e. The molecule has 0 heterocycles. The number of nitrogens with zero attached hydrogens (tertiary/aromatic N) is 1. The molecule has 0 unspecified atom stereocenters. The molecule has 0 atom stereocenters. The Bertz CT molecular complexity index is 842. The van der Waals surface area contributed by atoms with Crippen LogP contribution in [0.2, 0.25) is 5.02 Å². The lowest BCUT2D eigenvalue weighted by Crippen LogP contribution is -2.15. The van der Waals surface area contributed by atoms with Gasteiger partial charge in [-0.25, -0.2) is 8.42 Å². The van der Waals surface area contributed by atoms with Crippen LogP contribution in [0, 0.1) is 18.3 Å². The number of benzene rings is 2. The van der Waals surface area contributed by atoms with Crippen LogP contribution in [0.15, 0.2) is 41.3 Å². The van der Waals surface area contributed by atoms with Gasteiger partial charge in [-0.3, -0.25) is 4.72 Å². The van der Waals surface area contributed by atoms with Crippen LogP contribution in [0.25, 0.3) is 0 Å². The molecule has 0 saturated carbocycles. The van der Waals surface area contributed by atoms with Gasteiger partial charge in [-0.2, -0.15) is 5.26 Å². The summed E-state index contributed by atoms with van der Waals surface area (Å²) in [4.78, 5) is -0.0835. The fourth-order valence-corrected chi connectivity index (χ4v) is 3.25. The van der Waals surface area contributed by atoms with Crippen LogP contribution in [0.5, 0.6) is 0 Å². The molecule has 108 valence electrons. The van der Waals surface area contributed by atoms with Crippen molar-refractivity contribution in [2.45, 2.75) is 11.8 Å². The van der Waals surface area contributed by atoms with E-state index in [4.69, 9.17) is 22.6 Å². The lowest BCUT2D eigenvalue weighted by molar-refractivity contribution is 0.601. The number of hydrogen-bond donors (Lipinski definition) is 2. The fraction of sp³-hybridized carbons (Fsp3) is 0.0714. The van der Waals surface area contributed by atoms with Gasteiger partial charge in [0, 0.05) is 0 Å². The second kappa shape index (κ2) is 5.64. The molecule has 7 heteroatoms. The summed E-state index contributed by atoms with van der Waals surface area (Å²) < 4.78 is 27.2. The van der Waals surface area contributed by atoms with E-state index in [1.54, 1.807) is 25.1 Å². The van der Waals surface area contributed by atoms with Crippen LogP contribution in [-0.2, 0) is 10.0 Å². The van der Waals surface area contributed by atoms with Gasteiger partial charge in [0.05, 0.1) is 22.0 Å². The van der Waals surface area contributed by atoms with Gasteiger partial charge >= 0.3 is 0 Å². The molecule has 0 saturated heterocycles. The summed E-state index contributed by atoms with van der Waals surface area (Å²) >= 11 is 5.91. The Morgan fingerprint density at radius 1 is 1.29 bits per heavy atom. The third-order valence-corrected chi connectivity index (χ3v) is 4.64. The summed E-state index contributed by atoms with van der Waals surface area (Å²) in [6.45, 7) is 1.71. The predicted octanol–water partition coefficient (Wildman–Crippen LogP) is 2.90. The number of nitrogens with two attached hydrogens (primary N) is 1. The van der Waals surface area contributed by atoms with E-state index >= 15 is 0 Å². The highest BCUT2D eigenvalue weighted by Crippen LogP contribution is 2.28. The van der Waals surface area contributed by atoms with Gasteiger partial charge in [0.15, 0.2) is 0 Å². The Morgan fingerprint density at radius 2 is 1.95 bits per heavy atom. The second-order valence-corrected chi connectivity index (χ2v) is 6.46. The van der Waals surface area contributed by atoms with E-state index in [1.165, 1.54) is 18.2 Å². The summed E-state index contributed by atoms with van der Waals surface area (Å²) in [5.74, 6) is 0. The summed E-state index contributed by atoms with van der Waals surface area (Å²) in [5, 5.41) is 9.26. The lowest BCUT2D eigenvalue weighted by Gasteiger charge is -2.12. The largest absolute Gasteiger partial charge is 0.398 e. The number of hydrogen-bond acceptors (Lipinski definition) is 4. The van der Waals surface area contributed by atoms with Crippen LogP contribution < -0.4 is 10.5 Å². The topological polar surface area (TPSA) is 96.0 Å². The first-order chi connectivity index (χ1) is 9.85. The first-order valence-electron chi connectivity index (χ1n) is 5.92. The zero-order chi connectivity index (χ0) is 15.6. The summed E-state index contributed by atoms with van der Waals surface area (Å²) in [7, 11) is -3.88. The van der Waals surface area contributed by atoms with Gasteiger partial charge in [-0.05, 0) is 36.8 Å². The van der Waals surface area contributed by atoms with Crippen molar-refractivity contribution in [1.82, 2.24) is 0 Å². The molecular formula is C14H12ClN3O2S. The lowest BCUT2D eigenvalue weighted by atomic mass is 10.2. The first kappa shape index (κ1) is 15.2. The van der Waals surface area contributed by atoms with Crippen LogP contribution >= 0.6 is 11.6 Å². The van der Waals surface area contributed by atoms with Crippen molar-refractivity contribution < 1.29 is 8.42 Å². The van der Waals surface area contributed by atoms with E-state index in [-0.39, 0.29) is 15.5 Å². The average molecular weight is 322 g/mol. The minimum atomic E-state index is -3.88. The number of aryl methyl sites for hydroxylation is 1. The minimum absolute atomic E-state index is 0.0733. The van der Waals surface area contributed by atoms with Crippen molar-refractivity contribution in [3.05, 3.63) is 52.5 Å². The SMILES string of the molecule is Cc1cc(N)c(Cl)cc1NS(=O)(=O)c1ccccc1C#N. The molecular weight excluding hydrogens is 310 g/mol. The summed E-state index contributed by atoms with van der Waals surface area (Å²) in [5.41, 5.74) is 7.06. The molecule has 2 aromatic rings. The first-order valence-corrected chi connectivity index (χ1v) is 7.79. The molecule has 5 nitrogen and oxygen atoms in total.